The number of hydrogen-bond acceptors (Lipinski definition) is 5. The molecule has 0 unspecified atom stereocenters. The number of carbonyl (C=O) groups is 1. The van der Waals surface area contributed by atoms with Crippen LogP contribution < -0.4 is 5.32 Å². The minimum absolute atomic E-state index is 0.0356. The van der Waals surface area contributed by atoms with Crippen LogP contribution in [0.2, 0.25) is 0 Å². The topological polar surface area (TPSA) is 78.7 Å². The fourth-order valence-electron chi connectivity index (χ4n) is 1.65. The molecule has 1 aromatic heterocycles. The molecule has 1 heterocycles. The molecule has 1 amide bonds. The van der Waals surface area contributed by atoms with Crippen molar-refractivity contribution in [2.24, 2.45) is 0 Å². The minimum atomic E-state index is -0.472. The second-order valence-electron chi connectivity index (χ2n) is 4.29. The van der Waals surface area contributed by atoms with Gasteiger partial charge in [-0.3, -0.25) is 10.1 Å². The highest BCUT2D eigenvalue weighted by molar-refractivity contribution is 7.15. The molecule has 6 heteroatoms. The number of aromatic nitrogens is 2. The molecule has 0 aliphatic carbocycles. The maximum Gasteiger partial charge on any atom is 0.268 e. The van der Waals surface area contributed by atoms with Gasteiger partial charge in [-0.15, -0.1) is 10.2 Å². The SMILES string of the molecule is CCCc1nnc(NC(=O)/C(C#N)=C\c2ccccc2)s1. The van der Waals surface area contributed by atoms with Crippen molar-refractivity contribution >= 4 is 28.5 Å². The Bertz CT molecular complexity index is 685. The summed E-state index contributed by atoms with van der Waals surface area (Å²) in [6, 6.07) is 11.1. The average molecular weight is 298 g/mol. The molecule has 0 radical (unpaired) electrons. The zero-order valence-corrected chi connectivity index (χ0v) is 12.4. The van der Waals surface area contributed by atoms with E-state index in [0.29, 0.717) is 5.13 Å². The Balaban J connectivity index is 2.10. The second-order valence-corrected chi connectivity index (χ2v) is 5.35. The molecule has 2 aromatic rings. The summed E-state index contributed by atoms with van der Waals surface area (Å²) in [6.07, 6.45) is 3.35. The monoisotopic (exact) mass is 298 g/mol. The van der Waals surface area contributed by atoms with Crippen LogP contribution in [0.5, 0.6) is 0 Å². The Morgan fingerprint density at radius 1 is 1.38 bits per heavy atom. The lowest BCUT2D eigenvalue weighted by molar-refractivity contribution is -0.112. The van der Waals surface area contributed by atoms with Crippen molar-refractivity contribution in [3.8, 4) is 6.07 Å². The fraction of sp³-hybridized carbons (Fsp3) is 0.200. The van der Waals surface area contributed by atoms with Crippen LogP contribution >= 0.6 is 11.3 Å². The predicted molar refractivity (Wildman–Crippen MR) is 82.6 cm³/mol. The first-order chi connectivity index (χ1) is 10.2. The first-order valence-electron chi connectivity index (χ1n) is 6.53. The lowest BCUT2D eigenvalue weighted by Gasteiger charge is -1.99. The number of hydrogen-bond donors (Lipinski definition) is 1. The van der Waals surface area contributed by atoms with Gasteiger partial charge < -0.3 is 0 Å². The van der Waals surface area contributed by atoms with E-state index in [1.165, 1.54) is 11.3 Å². The van der Waals surface area contributed by atoms with Crippen LogP contribution in [-0.4, -0.2) is 16.1 Å². The summed E-state index contributed by atoms with van der Waals surface area (Å²) in [5, 5.41) is 20.9. The second kappa shape index (κ2) is 7.31. The number of nitrogens with one attached hydrogen (secondary N) is 1. The van der Waals surface area contributed by atoms with Gasteiger partial charge in [0.1, 0.15) is 16.6 Å². The molecule has 0 bridgehead atoms. The quantitative estimate of drug-likeness (QED) is 0.679. The van der Waals surface area contributed by atoms with Crippen molar-refractivity contribution < 1.29 is 4.79 Å². The Labute approximate surface area is 127 Å². The van der Waals surface area contributed by atoms with Crippen LogP contribution in [-0.2, 0) is 11.2 Å². The van der Waals surface area contributed by atoms with E-state index in [0.717, 1.165) is 23.4 Å². The molecule has 0 saturated heterocycles. The summed E-state index contributed by atoms with van der Waals surface area (Å²) in [5.74, 6) is -0.472. The smallest absolute Gasteiger partial charge is 0.268 e. The Kier molecular flexibility index (Phi) is 5.18. The summed E-state index contributed by atoms with van der Waals surface area (Å²) in [6.45, 7) is 2.05. The summed E-state index contributed by atoms with van der Waals surface area (Å²) in [5.41, 5.74) is 0.835. The third-order valence-electron chi connectivity index (χ3n) is 2.63. The zero-order valence-electron chi connectivity index (χ0n) is 11.5. The van der Waals surface area contributed by atoms with E-state index in [-0.39, 0.29) is 5.57 Å². The van der Waals surface area contributed by atoms with Crippen molar-refractivity contribution in [3.05, 3.63) is 46.5 Å². The Morgan fingerprint density at radius 2 is 2.14 bits per heavy atom. The summed E-state index contributed by atoms with van der Waals surface area (Å²) < 4.78 is 0. The van der Waals surface area contributed by atoms with E-state index in [1.807, 2.05) is 36.4 Å². The number of benzene rings is 1. The molecule has 0 saturated carbocycles. The van der Waals surface area contributed by atoms with Crippen molar-refractivity contribution in [2.75, 3.05) is 5.32 Å². The molecule has 0 spiro atoms. The first kappa shape index (κ1) is 14.9. The molecule has 0 aliphatic rings. The average Bonchev–Trinajstić information content (AvgIpc) is 2.93. The van der Waals surface area contributed by atoms with E-state index in [9.17, 15) is 4.79 Å². The van der Waals surface area contributed by atoms with E-state index in [4.69, 9.17) is 5.26 Å². The number of amides is 1. The van der Waals surface area contributed by atoms with Gasteiger partial charge in [0.2, 0.25) is 5.13 Å². The highest BCUT2D eigenvalue weighted by atomic mass is 32.1. The van der Waals surface area contributed by atoms with Crippen LogP contribution in [0.15, 0.2) is 35.9 Å². The molecule has 106 valence electrons. The largest absolute Gasteiger partial charge is 0.296 e. The molecular formula is C15H14N4OS. The van der Waals surface area contributed by atoms with Gasteiger partial charge in [-0.2, -0.15) is 5.26 Å². The predicted octanol–water partition coefficient (Wildman–Crippen LogP) is 3.04. The summed E-state index contributed by atoms with van der Waals surface area (Å²) in [7, 11) is 0. The van der Waals surface area contributed by atoms with Crippen LogP contribution in [0, 0.1) is 11.3 Å². The van der Waals surface area contributed by atoms with Crippen LogP contribution in [0.1, 0.15) is 23.9 Å². The third kappa shape index (κ3) is 4.23. The molecular weight excluding hydrogens is 284 g/mol. The molecule has 5 nitrogen and oxygen atoms in total. The highest BCUT2D eigenvalue weighted by Gasteiger charge is 2.12. The number of aryl methyl sites for hydroxylation is 1. The van der Waals surface area contributed by atoms with Crippen molar-refractivity contribution in [2.45, 2.75) is 19.8 Å². The van der Waals surface area contributed by atoms with Gasteiger partial charge in [-0.1, -0.05) is 48.6 Å². The third-order valence-corrected chi connectivity index (χ3v) is 3.53. The van der Waals surface area contributed by atoms with Gasteiger partial charge in [0.05, 0.1) is 0 Å². The molecule has 21 heavy (non-hydrogen) atoms. The van der Waals surface area contributed by atoms with Gasteiger partial charge in [0, 0.05) is 6.42 Å². The van der Waals surface area contributed by atoms with Crippen LogP contribution in [0.25, 0.3) is 6.08 Å². The van der Waals surface area contributed by atoms with Gasteiger partial charge in [0.15, 0.2) is 0 Å². The van der Waals surface area contributed by atoms with Crippen molar-refractivity contribution in [3.63, 3.8) is 0 Å². The molecule has 0 fully saturated rings. The van der Waals surface area contributed by atoms with E-state index >= 15 is 0 Å². The van der Waals surface area contributed by atoms with Gasteiger partial charge >= 0.3 is 0 Å². The fourth-order valence-corrected chi connectivity index (χ4v) is 2.48. The maximum atomic E-state index is 12.1. The van der Waals surface area contributed by atoms with E-state index in [2.05, 4.69) is 22.4 Å². The maximum absolute atomic E-state index is 12.1. The molecule has 0 atom stereocenters. The zero-order chi connectivity index (χ0) is 15.1. The molecule has 2 rings (SSSR count). The highest BCUT2D eigenvalue weighted by Crippen LogP contribution is 2.17. The normalized spacial score (nSPS) is 11.0. The number of rotatable bonds is 5. The van der Waals surface area contributed by atoms with Gasteiger partial charge in [-0.05, 0) is 18.1 Å². The Morgan fingerprint density at radius 3 is 2.81 bits per heavy atom. The van der Waals surface area contributed by atoms with Crippen LogP contribution in [0.3, 0.4) is 0 Å². The lowest BCUT2D eigenvalue weighted by Crippen LogP contribution is -2.13. The Hall–Kier alpha value is -2.52. The van der Waals surface area contributed by atoms with E-state index < -0.39 is 5.91 Å². The summed E-state index contributed by atoms with van der Waals surface area (Å²) in [4.78, 5) is 12.1. The van der Waals surface area contributed by atoms with Crippen LogP contribution in [0.4, 0.5) is 5.13 Å². The van der Waals surface area contributed by atoms with Gasteiger partial charge in [-0.25, -0.2) is 0 Å². The number of carbonyl (C=O) groups excluding carboxylic acids is 1. The number of nitriles is 1. The van der Waals surface area contributed by atoms with Crippen molar-refractivity contribution in [1.29, 1.82) is 5.26 Å². The lowest BCUT2D eigenvalue weighted by atomic mass is 10.1. The van der Waals surface area contributed by atoms with Crippen molar-refractivity contribution in [1.82, 2.24) is 10.2 Å². The summed E-state index contributed by atoms with van der Waals surface area (Å²) >= 11 is 1.33. The number of anilines is 1. The minimum Gasteiger partial charge on any atom is -0.296 e. The first-order valence-corrected chi connectivity index (χ1v) is 7.35. The van der Waals surface area contributed by atoms with E-state index in [1.54, 1.807) is 6.08 Å². The van der Waals surface area contributed by atoms with Gasteiger partial charge in [0.25, 0.3) is 5.91 Å². The molecule has 1 N–H and O–H groups in total. The molecule has 0 aliphatic heterocycles. The standard InChI is InChI=1S/C15H14N4OS/c1-2-6-13-18-19-15(21-13)17-14(20)12(10-16)9-11-7-4-3-5-8-11/h3-5,7-9H,2,6H2,1H3,(H,17,19,20)/b12-9-. The number of nitrogens with zero attached hydrogens (tertiary/aromatic N) is 3. The molecule has 1 aromatic carbocycles.